The lowest BCUT2D eigenvalue weighted by molar-refractivity contribution is -0.106. The molecule has 1 aliphatic heterocycles. The third-order valence-corrected chi connectivity index (χ3v) is 4.09. The number of carbonyl (C=O) groups is 2. The number of amides is 2. The van der Waals surface area contributed by atoms with Crippen molar-refractivity contribution in [3.63, 3.8) is 0 Å². The summed E-state index contributed by atoms with van der Waals surface area (Å²) >= 11 is 9.03. The van der Waals surface area contributed by atoms with Gasteiger partial charge in [0.15, 0.2) is 0 Å². The van der Waals surface area contributed by atoms with E-state index >= 15 is 0 Å². The van der Waals surface area contributed by atoms with E-state index in [4.69, 9.17) is 26.2 Å². The highest BCUT2D eigenvalue weighted by Gasteiger charge is 2.38. The summed E-state index contributed by atoms with van der Waals surface area (Å²) in [7, 11) is 2.79. The topological polar surface area (TPSA) is 108 Å². The van der Waals surface area contributed by atoms with E-state index in [1.54, 1.807) is 0 Å². The maximum absolute atomic E-state index is 12.1. The number of aliphatic hydroxyl groups is 2. The fourth-order valence-corrected chi connectivity index (χ4v) is 2.94. The molecule has 0 spiro atoms. The molecule has 2 unspecified atom stereocenters. The number of urea groups is 1. The molecule has 1 saturated heterocycles. The number of rotatable bonds is 7. The van der Waals surface area contributed by atoms with Crippen molar-refractivity contribution in [3.05, 3.63) is 11.8 Å². The fraction of sp³-hybridized carbons (Fsp3) is 0.692. The zero-order valence-corrected chi connectivity index (χ0v) is 15.0. The lowest BCUT2D eigenvalue weighted by Gasteiger charge is -2.27. The van der Waals surface area contributed by atoms with Crippen LogP contribution in [0.15, 0.2) is 11.8 Å². The Morgan fingerprint density at radius 3 is 2.70 bits per heavy atom. The SMILES string of the molecule is CNC(=O)N(/C=C(\C=O)C(OC)C(Cl)Br)[C@H]1C[C@H](O)[C@@H](CO)O1. The first-order chi connectivity index (χ1) is 10.9. The van der Waals surface area contributed by atoms with Gasteiger partial charge >= 0.3 is 6.03 Å². The Hall–Kier alpha value is -0.710. The summed E-state index contributed by atoms with van der Waals surface area (Å²) in [5, 5.41) is 21.4. The molecule has 23 heavy (non-hydrogen) atoms. The zero-order valence-electron chi connectivity index (χ0n) is 12.7. The zero-order chi connectivity index (χ0) is 17.6. The Balaban J connectivity index is 3.09. The van der Waals surface area contributed by atoms with Crippen LogP contribution < -0.4 is 5.32 Å². The van der Waals surface area contributed by atoms with Crippen LogP contribution in [0, 0.1) is 0 Å². The number of methoxy groups -OCH3 is 1. The van der Waals surface area contributed by atoms with Gasteiger partial charge < -0.3 is 25.0 Å². The Bertz CT molecular complexity index is 450. The molecule has 1 aliphatic rings. The van der Waals surface area contributed by atoms with E-state index in [2.05, 4.69) is 21.2 Å². The first-order valence-electron chi connectivity index (χ1n) is 6.81. The molecule has 0 bridgehead atoms. The van der Waals surface area contributed by atoms with E-state index in [0.29, 0.717) is 6.29 Å². The van der Waals surface area contributed by atoms with Gasteiger partial charge in [0.05, 0.1) is 12.7 Å². The number of hydrogen-bond acceptors (Lipinski definition) is 6. The average Bonchev–Trinajstić information content (AvgIpc) is 2.90. The third-order valence-electron chi connectivity index (χ3n) is 3.38. The highest BCUT2D eigenvalue weighted by Crippen LogP contribution is 2.26. The summed E-state index contributed by atoms with van der Waals surface area (Å²) < 4.78 is 9.90. The average molecular weight is 416 g/mol. The normalized spacial score (nSPS) is 27.4. The standard InChI is InChI=1S/C13H20BrClN2O6/c1-16-13(21)17(10-3-8(20)9(6-19)23-10)4-7(5-18)11(22-2)12(14)15/h4-5,8-12,19-20H,3,6H2,1-2H3,(H,16,21)/b7-4+/t8-,9+,10+,11?,12?/m0/s1. The van der Waals surface area contributed by atoms with E-state index in [1.807, 2.05) is 0 Å². The van der Waals surface area contributed by atoms with Crippen molar-refractivity contribution in [2.24, 2.45) is 0 Å². The van der Waals surface area contributed by atoms with Crippen LogP contribution in [0.2, 0.25) is 0 Å². The molecule has 1 rings (SSSR count). The molecule has 0 aromatic heterocycles. The van der Waals surface area contributed by atoms with E-state index in [9.17, 15) is 14.7 Å². The van der Waals surface area contributed by atoms with E-state index in [-0.39, 0.29) is 18.6 Å². The molecule has 1 fully saturated rings. The number of hydrogen-bond donors (Lipinski definition) is 3. The molecule has 132 valence electrons. The number of ether oxygens (including phenoxy) is 2. The second-order valence-corrected chi connectivity index (χ2v) is 6.80. The van der Waals surface area contributed by atoms with Crippen LogP contribution in [0.5, 0.6) is 0 Å². The summed E-state index contributed by atoms with van der Waals surface area (Å²) in [6.45, 7) is -0.380. The van der Waals surface area contributed by atoms with Gasteiger partial charge in [-0.3, -0.25) is 9.69 Å². The summed E-state index contributed by atoms with van der Waals surface area (Å²) in [5.74, 6) is 0. The van der Waals surface area contributed by atoms with Crippen molar-refractivity contribution in [2.75, 3.05) is 20.8 Å². The van der Waals surface area contributed by atoms with Crippen LogP contribution in [0.1, 0.15) is 6.42 Å². The Morgan fingerprint density at radius 1 is 1.65 bits per heavy atom. The van der Waals surface area contributed by atoms with Gasteiger partial charge in [0.25, 0.3) is 0 Å². The van der Waals surface area contributed by atoms with Crippen LogP contribution in [0.3, 0.4) is 0 Å². The Labute approximate surface area is 147 Å². The number of aldehydes is 1. The molecule has 0 aromatic rings. The highest BCUT2D eigenvalue weighted by atomic mass is 79.9. The summed E-state index contributed by atoms with van der Waals surface area (Å²) in [4.78, 5) is 24.5. The van der Waals surface area contributed by atoms with Gasteiger partial charge in [-0.15, -0.1) is 11.6 Å². The van der Waals surface area contributed by atoms with Crippen molar-refractivity contribution < 1.29 is 29.3 Å². The number of nitrogens with one attached hydrogen (secondary N) is 1. The molecule has 5 atom stereocenters. The second kappa shape index (κ2) is 9.55. The molecule has 0 aromatic carbocycles. The van der Waals surface area contributed by atoms with Gasteiger partial charge in [-0.25, -0.2) is 4.79 Å². The van der Waals surface area contributed by atoms with Crippen LogP contribution in [0.25, 0.3) is 0 Å². The van der Waals surface area contributed by atoms with Crippen molar-refractivity contribution in [1.82, 2.24) is 10.2 Å². The van der Waals surface area contributed by atoms with Gasteiger partial charge in [0, 0.05) is 32.4 Å². The second-order valence-electron chi connectivity index (χ2n) is 4.81. The van der Waals surface area contributed by atoms with E-state index in [1.165, 1.54) is 20.4 Å². The maximum Gasteiger partial charge on any atom is 0.323 e. The smallest absolute Gasteiger partial charge is 0.323 e. The number of aliphatic hydroxyl groups excluding tert-OH is 2. The van der Waals surface area contributed by atoms with Gasteiger partial charge in [-0.05, 0) is 0 Å². The van der Waals surface area contributed by atoms with Crippen LogP contribution in [-0.2, 0) is 14.3 Å². The van der Waals surface area contributed by atoms with Crippen molar-refractivity contribution in [3.8, 4) is 0 Å². The molecule has 3 N–H and O–H groups in total. The van der Waals surface area contributed by atoms with E-state index < -0.39 is 34.9 Å². The molecule has 0 aliphatic carbocycles. The molecule has 1 heterocycles. The predicted octanol–water partition coefficient (Wildman–Crippen LogP) is 0.154. The minimum Gasteiger partial charge on any atom is -0.394 e. The highest BCUT2D eigenvalue weighted by molar-refractivity contribution is 9.10. The molecular weight excluding hydrogens is 396 g/mol. The molecule has 10 heteroatoms. The van der Waals surface area contributed by atoms with Crippen molar-refractivity contribution in [2.45, 2.75) is 35.2 Å². The fourth-order valence-electron chi connectivity index (χ4n) is 2.17. The number of carbonyl (C=O) groups excluding carboxylic acids is 2. The first kappa shape index (κ1) is 20.3. The lowest BCUT2D eigenvalue weighted by Crippen LogP contribution is -2.42. The van der Waals surface area contributed by atoms with Gasteiger partial charge in [-0.2, -0.15) is 0 Å². The summed E-state index contributed by atoms with van der Waals surface area (Å²) in [5.41, 5.74) is 0.110. The Morgan fingerprint density at radius 2 is 2.30 bits per heavy atom. The Kier molecular flexibility index (Phi) is 8.45. The van der Waals surface area contributed by atoms with Crippen LogP contribution in [-0.4, -0.2) is 77.0 Å². The molecule has 8 nitrogen and oxygen atoms in total. The van der Waals surface area contributed by atoms with Crippen LogP contribution >= 0.6 is 27.5 Å². The van der Waals surface area contributed by atoms with Crippen molar-refractivity contribution >= 4 is 39.8 Å². The molecular formula is C13H20BrClN2O6. The maximum atomic E-state index is 12.1. The monoisotopic (exact) mass is 414 g/mol. The minimum absolute atomic E-state index is 0.0948. The van der Waals surface area contributed by atoms with Crippen LogP contribution in [0.4, 0.5) is 4.79 Å². The van der Waals surface area contributed by atoms with Gasteiger partial charge in [0.1, 0.15) is 29.0 Å². The van der Waals surface area contributed by atoms with Crippen molar-refractivity contribution in [1.29, 1.82) is 0 Å². The number of alkyl halides is 2. The molecule has 0 saturated carbocycles. The van der Waals surface area contributed by atoms with Gasteiger partial charge in [0.2, 0.25) is 0 Å². The third kappa shape index (κ3) is 5.13. The molecule has 2 amide bonds. The van der Waals surface area contributed by atoms with E-state index in [0.717, 1.165) is 4.90 Å². The minimum atomic E-state index is -0.916. The largest absolute Gasteiger partial charge is 0.394 e. The predicted molar refractivity (Wildman–Crippen MR) is 86.2 cm³/mol. The quantitative estimate of drug-likeness (QED) is 0.310. The molecule has 0 radical (unpaired) electrons. The van der Waals surface area contributed by atoms with Gasteiger partial charge in [-0.1, -0.05) is 15.9 Å². The number of nitrogens with zero attached hydrogens (tertiary/aromatic N) is 1. The first-order valence-corrected chi connectivity index (χ1v) is 8.17. The number of halogens is 2. The summed E-state index contributed by atoms with van der Waals surface area (Å²) in [6.07, 6.45) is -1.46. The lowest BCUT2D eigenvalue weighted by atomic mass is 10.1. The summed E-state index contributed by atoms with van der Waals surface area (Å²) in [6, 6.07) is -0.546.